The summed E-state index contributed by atoms with van der Waals surface area (Å²) in [5.74, 6) is -0.165. The van der Waals surface area contributed by atoms with Gasteiger partial charge in [-0.1, -0.05) is 25.1 Å². The molecule has 10 nitrogen and oxygen atoms in total. The molecule has 4 N–H and O–H groups in total. The number of nitrogens with zero attached hydrogens (tertiary/aromatic N) is 4. The summed E-state index contributed by atoms with van der Waals surface area (Å²) in [6, 6.07) is 12.0. The summed E-state index contributed by atoms with van der Waals surface area (Å²) in [4.78, 5) is 36.2. The van der Waals surface area contributed by atoms with E-state index in [-0.39, 0.29) is 17.5 Å². The molecule has 0 radical (unpaired) electrons. The van der Waals surface area contributed by atoms with Crippen molar-refractivity contribution in [1.29, 1.82) is 0 Å². The van der Waals surface area contributed by atoms with E-state index >= 15 is 0 Å². The second-order valence-electron chi connectivity index (χ2n) is 8.62. The van der Waals surface area contributed by atoms with Gasteiger partial charge in [0.1, 0.15) is 11.4 Å². The molecule has 0 fully saturated rings. The van der Waals surface area contributed by atoms with Gasteiger partial charge in [-0.3, -0.25) is 15.1 Å². The average Bonchev–Trinajstić information content (AvgIpc) is 3.24. The first-order chi connectivity index (χ1) is 17.1. The number of benzene rings is 2. The van der Waals surface area contributed by atoms with E-state index < -0.39 is 16.4 Å². The third-order valence-corrected chi connectivity index (χ3v) is 6.14. The van der Waals surface area contributed by atoms with Gasteiger partial charge in [-0.05, 0) is 60.7 Å². The zero-order valence-electron chi connectivity index (χ0n) is 20.2. The highest BCUT2D eigenvalue weighted by Gasteiger charge is 2.34. The maximum atomic E-state index is 12.1. The standard InChI is InChI=1S/C26H26N6O4/c1-4-20-22(23(27)31-25(28)30-20)18-9-10-19(21(12-18)32(34)35)26(2)13-16(14-29-26)11-15-5-7-17(8-6-15)24(33)36-3/h5-10,12-14H,4,11H2,1-3H3,(H4,27,28,30,31). The van der Waals surface area contributed by atoms with Crippen molar-refractivity contribution < 1.29 is 14.5 Å². The monoisotopic (exact) mass is 486 g/mol. The Morgan fingerprint density at radius 1 is 1.14 bits per heavy atom. The van der Waals surface area contributed by atoms with Gasteiger partial charge in [-0.15, -0.1) is 0 Å². The molecular formula is C26H26N6O4. The van der Waals surface area contributed by atoms with E-state index in [4.69, 9.17) is 16.2 Å². The number of aryl methyl sites for hydroxylation is 1. The van der Waals surface area contributed by atoms with Gasteiger partial charge in [0.15, 0.2) is 0 Å². The number of nitro benzene ring substituents is 1. The second kappa shape index (κ2) is 9.57. The first-order valence-electron chi connectivity index (χ1n) is 11.3. The van der Waals surface area contributed by atoms with E-state index in [0.29, 0.717) is 40.8 Å². The lowest BCUT2D eigenvalue weighted by Crippen LogP contribution is -2.16. The van der Waals surface area contributed by atoms with Crippen LogP contribution in [0.2, 0.25) is 0 Å². The fraction of sp³-hybridized carbons (Fsp3) is 0.231. The predicted molar refractivity (Wildman–Crippen MR) is 138 cm³/mol. The number of aliphatic imine (C=N–C) groups is 1. The van der Waals surface area contributed by atoms with Crippen LogP contribution in [0.15, 0.2) is 59.1 Å². The van der Waals surface area contributed by atoms with Gasteiger partial charge in [-0.2, -0.15) is 4.98 Å². The number of aromatic nitrogens is 2. The van der Waals surface area contributed by atoms with Crippen molar-refractivity contribution in [2.45, 2.75) is 32.2 Å². The Labute approximate surface area is 207 Å². The molecule has 0 bridgehead atoms. The minimum Gasteiger partial charge on any atom is -0.465 e. The Bertz CT molecular complexity index is 1410. The molecule has 1 atom stereocenters. The molecule has 1 aliphatic heterocycles. The fourth-order valence-electron chi connectivity index (χ4n) is 4.39. The summed E-state index contributed by atoms with van der Waals surface area (Å²) in [6.45, 7) is 3.73. The van der Waals surface area contributed by atoms with Crippen LogP contribution in [0.25, 0.3) is 11.1 Å². The normalized spacial score (nSPS) is 16.6. The Hall–Kier alpha value is -4.60. The van der Waals surface area contributed by atoms with Crippen molar-refractivity contribution in [2.75, 3.05) is 18.6 Å². The predicted octanol–water partition coefficient (Wildman–Crippen LogP) is 4.03. The van der Waals surface area contributed by atoms with Crippen LogP contribution in [-0.4, -0.2) is 34.2 Å². The van der Waals surface area contributed by atoms with E-state index in [1.807, 2.05) is 32.1 Å². The van der Waals surface area contributed by atoms with Crippen molar-refractivity contribution in [1.82, 2.24) is 9.97 Å². The third-order valence-electron chi connectivity index (χ3n) is 6.14. The van der Waals surface area contributed by atoms with Gasteiger partial charge < -0.3 is 16.2 Å². The fourth-order valence-corrected chi connectivity index (χ4v) is 4.39. The van der Waals surface area contributed by atoms with E-state index in [2.05, 4.69) is 15.0 Å². The Morgan fingerprint density at radius 3 is 2.50 bits per heavy atom. The molecule has 2 aromatic carbocycles. The summed E-state index contributed by atoms with van der Waals surface area (Å²) < 4.78 is 4.73. The number of hydrogen-bond donors (Lipinski definition) is 2. The maximum absolute atomic E-state index is 12.1. The largest absolute Gasteiger partial charge is 0.465 e. The zero-order valence-corrected chi connectivity index (χ0v) is 20.2. The summed E-state index contributed by atoms with van der Waals surface area (Å²) in [6.07, 6.45) is 4.75. The Kier molecular flexibility index (Phi) is 6.52. The second-order valence-corrected chi connectivity index (χ2v) is 8.62. The molecule has 0 saturated carbocycles. The van der Waals surface area contributed by atoms with Crippen LogP contribution in [0.1, 0.15) is 41.0 Å². The number of methoxy groups -OCH3 is 1. The van der Waals surface area contributed by atoms with Crippen LogP contribution in [0.4, 0.5) is 17.5 Å². The molecule has 1 aromatic heterocycles. The first-order valence-corrected chi connectivity index (χ1v) is 11.3. The number of nitrogens with two attached hydrogens (primary N) is 2. The van der Waals surface area contributed by atoms with Crippen LogP contribution < -0.4 is 11.5 Å². The van der Waals surface area contributed by atoms with Gasteiger partial charge >= 0.3 is 5.97 Å². The third kappa shape index (κ3) is 4.65. The van der Waals surface area contributed by atoms with Crippen molar-refractivity contribution >= 4 is 29.6 Å². The molecule has 36 heavy (non-hydrogen) atoms. The Morgan fingerprint density at radius 2 is 1.86 bits per heavy atom. The number of hydrogen-bond acceptors (Lipinski definition) is 9. The number of rotatable bonds is 7. The van der Waals surface area contributed by atoms with Gasteiger partial charge in [0.05, 0.1) is 28.9 Å². The number of allylic oxidation sites excluding steroid dienone is 1. The lowest BCUT2D eigenvalue weighted by Gasteiger charge is -2.20. The maximum Gasteiger partial charge on any atom is 0.337 e. The van der Waals surface area contributed by atoms with Gasteiger partial charge in [0, 0.05) is 17.8 Å². The summed E-state index contributed by atoms with van der Waals surface area (Å²) in [5.41, 5.74) is 15.3. The highest BCUT2D eigenvalue weighted by Crippen LogP contribution is 2.41. The molecule has 0 saturated heterocycles. The summed E-state index contributed by atoms with van der Waals surface area (Å²) >= 11 is 0. The minimum absolute atomic E-state index is 0.0598. The quantitative estimate of drug-likeness (QED) is 0.287. The molecule has 0 aliphatic carbocycles. The van der Waals surface area contributed by atoms with Gasteiger partial charge in [0.25, 0.3) is 5.69 Å². The van der Waals surface area contributed by atoms with E-state index in [9.17, 15) is 14.9 Å². The molecule has 1 aliphatic rings. The Balaban J connectivity index is 1.67. The number of esters is 1. The number of anilines is 2. The number of carbonyl (C=O) groups is 1. The van der Waals surface area contributed by atoms with Crippen molar-refractivity contribution in [3.63, 3.8) is 0 Å². The minimum atomic E-state index is -0.918. The van der Waals surface area contributed by atoms with Crippen molar-refractivity contribution in [2.24, 2.45) is 4.99 Å². The van der Waals surface area contributed by atoms with E-state index in [1.165, 1.54) is 13.2 Å². The van der Waals surface area contributed by atoms with Crippen molar-refractivity contribution in [3.8, 4) is 11.1 Å². The molecule has 1 unspecified atom stereocenters. The number of nitrogen functional groups attached to an aromatic ring is 2. The topological polar surface area (TPSA) is 160 Å². The molecular weight excluding hydrogens is 460 g/mol. The van der Waals surface area contributed by atoms with Crippen LogP contribution in [0.3, 0.4) is 0 Å². The molecule has 2 heterocycles. The van der Waals surface area contributed by atoms with Crippen LogP contribution in [-0.2, 0) is 23.1 Å². The lowest BCUT2D eigenvalue weighted by molar-refractivity contribution is -0.385. The molecule has 0 spiro atoms. The summed E-state index contributed by atoms with van der Waals surface area (Å²) in [7, 11) is 1.34. The SMILES string of the molecule is CCc1nc(N)nc(N)c1-c1ccc(C2(C)C=C(Cc3ccc(C(=O)OC)cc3)C=N2)c([N+](=O)[O-])c1. The molecule has 184 valence electrons. The van der Waals surface area contributed by atoms with E-state index in [0.717, 1.165) is 11.1 Å². The molecule has 3 aromatic rings. The highest BCUT2D eigenvalue weighted by molar-refractivity contribution is 5.89. The van der Waals surface area contributed by atoms with Crippen LogP contribution in [0.5, 0.6) is 0 Å². The van der Waals surface area contributed by atoms with Gasteiger partial charge in [-0.25, -0.2) is 9.78 Å². The highest BCUT2D eigenvalue weighted by atomic mass is 16.6. The first kappa shape index (κ1) is 24.5. The van der Waals surface area contributed by atoms with Crippen molar-refractivity contribution in [3.05, 3.63) is 86.6 Å². The lowest BCUT2D eigenvalue weighted by atomic mass is 9.88. The smallest absolute Gasteiger partial charge is 0.337 e. The molecule has 4 rings (SSSR count). The summed E-state index contributed by atoms with van der Waals surface area (Å²) in [5, 5.41) is 12.1. The number of ether oxygens (including phenoxy) is 1. The molecule has 10 heteroatoms. The average molecular weight is 487 g/mol. The molecule has 0 amide bonds. The zero-order chi connectivity index (χ0) is 26.0. The van der Waals surface area contributed by atoms with E-state index in [1.54, 1.807) is 30.5 Å². The van der Waals surface area contributed by atoms with Crippen LogP contribution >= 0.6 is 0 Å². The van der Waals surface area contributed by atoms with Crippen LogP contribution in [0, 0.1) is 10.1 Å². The number of carbonyl (C=O) groups excluding carboxylic acids is 1. The number of nitro groups is 1. The van der Waals surface area contributed by atoms with Gasteiger partial charge in [0.2, 0.25) is 5.95 Å².